The van der Waals surface area contributed by atoms with Gasteiger partial charge in [-0.05, 0) is 227 Å². The summed E-state index contributed by atoms with van der Waals surface area (Å²) in [6.07, 6.45) is 6.34. The molecule has 3 heterocycles. The van der Waals surface area contributed by atoms with Crippen LogP contribution in [-0.2, 0) is 36.8 Å². The molecule has 0 unspecified atom stereocenters. The first kappa shape index (κ1) is 69.9. The normalized spacial score (nSPS) is 18.2. The molecule has 1 aliphatic heterocycles. The molecule has 3 aliphatic rings. The molecule has 3 fully saturated rings. The summed E-state index contributed by atoms with van der Waals surface area (Å²) in [4.78, 5) is 94.8. The number of aromatic nitrogens is 8. The van der Waals surface area contributed by atoms with E-state index in [4.69, 9.17) is 15.6 Å². The number of tetrazole rings is 2. The highest BCUT2D eigenvalue weighted by Gasteiger charge is 2.37. The van der Waals surface area contributed by atoms with E-state index < -0.39 is 35.8 Å². The van der Waals surface area contributed by atoms with E-state index in [1.165, 1.54) is 0 Å². The van der Waals surface area contributed by atoms with Crippen molar-refractivity contribution in [1.29, 1.82) is 0 Å². The van der Waals surface area contributed by atoms with Crippen molar-refractivity contribution in [3.8, 4) is 33.9 Å². The van der Waals surface area contributed by atoms with Crippen LogP contribution in [0.4, 0.5) is 21.0 Å². The molecule has 7 amide bonds. The Morgan fingerprint density at radius 1 is 0.674 bits per heavy atom. The number of hydrogen-bond donors (Lipinski definition) is 9. The number of nitrogens with one attached hydrogen (secondary N) is 7. The molecular weight excluding hydrogens is 1280 g/mol. The number of ether oxygens (including phenoxy) is 1. The maximum absolute atomic E-state index is 14.1. The van der Waals surface area contributed by atoms with Gasteiger partial charge in [0.05, 0.1) is 0 Å². The van der Waals surface area contributed by atoms with Crippen molar-refractivity contribution in [2.45, 2.75) is 141 Å². The summed E-state index contributed by atoms with van der Waals surface area (Å²) in [7, 11) is 0. The number of piperidine rings is 1. The second-order valence-corrected chi connectivity index (χ2v) is 26.9. The fourth-order valence-corrected chi connectivity index (χ4v) is 12.9. The SMILES string of the molecule is CC(C)(C)OC(=O)NC[C@H]1CC[C@H](C(=O)N(c2ccc(-c3nnn[nH]3)cc2)[C@@H](Cc2cccc(Br)c2)C(N)=O)CC1.CC(C)N1CCC(NC(=O)c2cccc(-c3cccc(C[C@H](NC(=O)[C@H]4CC[C@H](CNC(=O)O)CC4)C(=O)Nc4ccc(-c5nnn[nH]5)cc4)c3)c2)CC1. The minimum atomic E-state index is -1.05. The minimum Gasteiger partial charge on any atom is -0.465 e. The van der Waals surface area contributed by atoms with Crippen LogP contribution in [0.3, 0.4) is 0 Å². The van der Waals surface area contributed by atoms with Crippen LogP contribution in [0.2, 0.25) is 0 Å². The van der Waals surface area contributed by atoms with Crippen LogP contribution >= 0.6 is 15.9 Å². The van der Waals surface area contributed by atoms with Gasteiger partial charge in [-0.2, -0.15) is 0 Å². The van der Waals surface area contributed by atoms with Gasteiger partial charge in [-0.15, -0.1) is 10.2 Å². The van der Waals surface area contributed by atoms with Crippen molar-refractivity contribution in [1.82, 2.24) is 67.4 Å². The van der Waals surface area contributed by atoms with Gasteiger partial charge in [0.1, 0.15) is 17.7 Å². The maximum atomic E-state index is 14.1. The lowest BCUT2D eigenvalue weighted by Gasteiger charge is -2.36. The van der Waals surface area contributed by atoms with E-state index in [-0.39, 0.29) is 66.2 Å². The highest BCUT2D eigenvalue weighted by atomic mass is 79.9. The number of carboxylic acid groups (broad SMARTS) is 1. The number of primary amides is 1. The molecule has 2 saturated carbocycles. The van der Waals surface area contributed by atoms with E-state index in [0.29, 0.717) is 73.4 Å². The molecule has 7 aromatic rings. The molecule has 0 radical (unpaired) electrons. The molecule has 1 saturated heterocycles. The van der Waals surface area contributed by atoms with Gasteiger partial charge in [0.15, 0.2) is 11.6 Å². The van der Waals surface area contributed by atoms with Crippen molar-refractivity contribution in [3.63, 3.8) is 0 Å². The average Bonchev–Trinajstić information content (AvgIpc) is 1.07. The van der Waals surface area contributed by atoms with Gasteiger partial charge in [0, 0.05) is 95.5 Å². The van der Waals surface area contributed by atoms with Crippen LogP contribution in [0, 0.1) is 23.7 Å². The number of aromatic amines is 2. The van der Waals surface area contributed by atoms with Gasteiger partial charge < -0.3 is 47.1 Å². The summed E-state index contributed by atoms with van der Waals surface area (Å²) >= 11 is 3.48. The third-order valence-electron chi connectivity index (χ3n) is 17.7. The Kier molecular flexibility index (Phi) is 24.4. The number of likely N-dealkylation sites (tertiary alicyclic amines) is 1. The number of hydrogen-bond acceptors (Lipinski definition) is 15. The maximum Gasteiger partial charge on any atom is 0.407 e. The fraction of sp³-hybridized carbons (Fsp3) is 0.435. The third kappa shape index (κ3) is 20.5. The Bertz CT molecular complexity index is 3690. The van der Waals surface area contributed by atoms with Gasteiger partial charge >= 0.3 is 12.2 Å². The van der Waals surface area contributed by atoms with Crippen LogP contribution in [0.5, 0.6) is 0 Å². The summed E-state index contributed by atoms with van der Waals surface area (Å²) in [5.74, 6) is -0.527. The molecule has 10 rings (SSSR count). The quantitative estimate of drug-likeness (QED) is 0.0305. The van der Waals surface area contributed by atoms with E-state index in [2.05, 4.69) is 103 Å². The first-order valence-corrected chi connectivity index (χ1v) is 33.2. The molecule has 5 aromatic carbocycles. The molecule has 25 nitrogen and oxygen atoms in total. The Labute approximate surface area is 560 Å². The zero-order valence-corrected chi connectivity index (χ0v) is 55.8. The molecule has 0 bridgehead atoms. The van der Waals surface area contributed by atoms with Crippen LogP contribution in [0.25, 0.3) is 33.9 Å². The number of H-pyrrole nitrogens is 2. The molecule has 95 heavy (non-hydrogen) atoms. The van der Waals surface area contributed by atoms with Gasteiger partial charge in [-0.3, -0.25) is 28.9 Å². The second-order valence-electron chi connectivity index (χ2n) is 26.0. The number of amides is 7. The van der Waals surface area contributed by atoms with E-state index in [1.807, 2.05) is 93.6 Å². The Balaban J connectivity index is 0.000000232. The lowest BCUT2D eigenvalue weighted by Crippen LogP contribution is -2.52. The second kappa shape index (κ2) is 33.1. The first-order valence-electron chi connectivity index (χ1n) is 32.5. The van der Waals surface area contributed by atoms with Crippen LogP contribution < -0.4 is 37.2 Å². The molecule has 10 N–H and O–H groups in total. The molecule has 2 atom stereocenters. The number of carbonyl (C=O) groups is 7. The molecule has 2 aromatic heterocycles. The highest BCUT2D eigenvalue weighted by Crippen LogP contribution is 2.35. The number of halogens is 1. The van der Waals surface area contributed by atoms with Gasteiger partial charge in [-0.25, -0.2) is 19.8 Å². The lowest BCUT2D eigenvalue weighted by molar-refractivity contribution is -0.130. The number of carbonyl (C=O) groups excluding carboxylic acids is 6. The smallest absolute Gasteiger partial charge is 0.407 e. The first-order chi connectivity index (χ1) is 45.6. The van der Waals surface area contributed by atoms with E-state index in [0.717, 1.165) is 89.5 Å². The molecule has 26 heteroatoms. The van der Waals surface area contributed by atoms with Crippen LogP contribution in [0.1, 0.15) is 120 Å². The predicted molar refractivity (Wildman–Crippen MR) is 362 cm³/mol. The number of benzene rings is 5. The number of nitrogens with two attached hydrogens (primary N) is 1. The Morgan fingerprint density at radius 2 is 1.23 bits per heavy atom. The van der Waals surface area contributed by atoms with Crippen molar-refractivity contribution >= 4 is 69.0 Å². The largest absolute Gasteiger partial charge is 0.465 e. The summed E-state index contributed by atoms with van der Waals surface area (Å²) < 4.78 is 6.21. The fourth-order valence-electron chi connectivity index (χ4n) is 12.4. The third-order valence-corrected chi connectivity index (χ3v) is 18.2. The summed E-state index contributed by atoms with van der Waals surface area (Å²) in [5, 5.41) is 51.2. The zero-order valence-electron chi connectivity index (χ0n) is 54.2. The van der Waals surface area contributed by atoms with E-state index in [1.54, 1.807) is 53.4 Å². The summed E-state index contributed by atoms with van der Waals surface area (Å²) in [6, 6.07) is 36.1. The number of alkyl carbamates (subject to hydrolysis) is 1. The molecule has 2 aliphatic carbocycles. The standard InChI is InChI=1S/C40H49N9O5.C29H36BrN7O4/c1-25(2)49-19-17-34(18-20-49)42-38(51)32-8-4-7-31(23-32)30-6-3-5-27(21-30)22-35(44-37(50)29-11-9-26(10-12-29)24-41-40(53)54)39(52)43-33-15-13-28(14-16-33)36-45-47-48-46-36;1-29(2,3)41-28(40)32-17-18-7-9-21(10-8-18)27(39)37(23-13-11-20(12-14-23)26-33-35-36-34-26)24(25(31)38)16-19-5-4-6-22(30)15-19/h3-8,13-16,21,23,25-26,29,34-35,41H,9-12,17-20,22,24H2,1-2H3,(H,42,51)(H,43,52)(H,44,50)(H,53,54)(H,45,46,47,48);4-6,11-15,18,21,24H,7-10,16-17H2,1-3H3,(H2,31,38)(H,32,40)(H,33,34,35,36)/t26-,29-,35-;18-,21-,24-/m00/s1. The van der Waals surface area contributed by atoms with Gasteiger partial charge in [-0.1, -0.05) is 64.5 Å². The summed E-state index contributed by atoms with van der Waals surface area (Å²) in [5.41, 5.74) is 12.1. The van der Waals surface area contributed by atoms with Crippen molar-refractivity contribution < 1.29 is 43.4 Å². The van der Waals surface area contributed by atoms with Crippen molar-refractivity contribution in [2.24, 2.45) is 29.4 Å². The minimum absolute atomic E-state index is 0.0897. The van der Waals surface area contributed by atoms with E-state index in [9.17, 15) is 33.6 Å². The number of rotatable bonds is 22. The zero-order chi connectivity index (χ0) is 67.6. The molecule has 0 spiro atoms. The molecular formula is C69H85BrN16O9. The predicted octanol–water partition coefficient (Wildman–Crippen LogP) is 9.27. The summed E-state index contributed by atoms with van der Waals surface area (Å²) in [6.45, 7) is 12.7. The van der Waals surface area contributed by atoms with Gasteiger partial charge in [0.2, 0.25) is 23.6 Å². The van der Waals surface area contributed by atoms with Crippen molar-refractivity contribution in [2.75, 3.05) is 36.4 Å². The van der Waals surface area contributed by atoms with Crippen LogP contribution in [-0.4, -0.2) is 149 Å². The average molecular weight is 1360 g/mol. The lowest BCUT2D eigenvalue weighted by atomic mass is 9.81. The van der Waals surface area contributed by atoms with Crippen LogP contribution in [0.15, 0.2) is 126 Å². The Morgan fingerprint density at radius 3 is 1.79 bits per heavy atom. The number of nitrogens with zero attached hydrogens (tertiary/aromatic N) is 8. The Hall–Kier alpha value is -9.43. The highest BCUT2D eigenvalue weighted by molar-refractivity contribution is 9.10. The molecule has 502 valence electrons. The van der Waals surface area contributed by atoms with Gasteiger partial charge in [0.25, 0.3) is 5.91 Å². The monoisotopic (exact) mass is 1360 g/mol. The van der Waals surface area contributed by atoms with Crippen molar-refractivity contribution in [3.05, 3.63) is 142 Å². The topological polar surface area (TPSA) is 351 Å². The van der Waals surface area contributed by atoms with E-state index >= 15 is 0 Å². The number of anilines is 2.